The molecule has 0 amide bonds. The minimum Gasteiger partial charge on any atom is -0.261 e. The van der Waals surface area contributed by atoms with Gasteiger partial charge in [0, 0.05) is 24.5 Å². The molecule has 0 saturated carbocycles. The van der Waals surface area contributed by atoms with Gasteiger partial charge in [-0.3, -0.25) is 9.97 Å². The van der Waals surface area contributed by atoms with Crippen molar-refractivity contribution < 1.29 is 13.2 Å². The molecule has 0 aromatic carbocycles. The van der Waals surface area contributed by atoms with E-state index >= 15 is 0 Å². The van der Waals surface area contributed by atoms with Crippen molar-refractivity contribution in [3.05, 3.63) is 41.6 Å². The van der Waals surface area contributed by atoms with Crippen molar-refractivity contribution in [1.29, 1.82) is 0 Å². The Morgan fingerprint density at radius 2 is 1.90 bits per heavy atom. The van der Waals surface area contributed by atoms with E-state index in [1.165, 1.54) is 24.7 Å². The fraction of sp³-hybridized carbons (Fsp3) is 0.0909. The Hall–Kier alpha value is -2.22. The van der Waals surface area contributed by atoms with Crippen molar-refractivity contribution in [2.24, 2.45) is 0 Å². The van der Waals surface area contributed by atoms with Crippen LogP contribution in [0.25, 0.3) is 17.0 Å². The number of fused-ring (bicyclic) bond motifs is 1. The molecular formula is C11H5ClF3N5. The van der Waals surface area contributed by atoms with Crippen LogP contribution in [0.1, 0.15) is 5.69 Å². The first-order chi connectivity index (χ1) is 9.45. The van der Waals surface area contributed by atoms with Crippen LogP contribution in [0.4, 0.5) is 13.2 Å². The molecule has 3 heterocycles. The third-order valence-corrected chi connectivity index (χ3v) is 2.77. The molecule has 0 spiro atoms. The first-order valence-electron chi connectivity index (χ1n) is 5.35. The van der Waals surface area contributed by atoms with Crippen molar-refractivity contribution in [3.8, 4) is 11.4 Å². The number of alkyl halides is 3. The highest BCUT2D eigenvalue weighted by Gasteiger charge is 2.33. The lowest BCUT2D eigenvalue weighted by molar-refractivity contribution is -0.141. The van der Waals surface area contributed by atoms with Crippen LogP contribution in [0.3, 0.4) is 0 Å². The molecule has 0 bridgehead atoms. The molecule has 0 aliphatic heterocycles. The lowest BCUT2D eigenvalue weighted by atomic mass is 10.3. The molecule has 102 valence electrons. The van der Waals surface area contributed by atoms with Crippen molar-refractivity contribution in [2.45, 2.75) is 6.18 Å². The van der Waals surface area contributed by atoms with Gasteiger partial charge in [0.05, 0.1) is 6.20 Å². The molecule has 0 saturated heterocycles. The number of rotatable bonds is 1. The van der Waals surface area contributed by atoms with Gasteiger partial charge in [-0.1, -0.05) is 11.6 Å². The second-order valence-corrected chi connectivity index (χ2v) is 4.24. The van der Waals surface area contributed by atoms with Gasteiger partial charge in [-0.05, 0) is 0 Å². The van der Waals surface area contributed by atoms with Gasteiger partial charge in [0.1, 0.15) is 22.2 Å². The average molecular weight is 300 g/mol. The number of aromatic nitrogens is 5. The summed E-state index contributed by atoms with van der Waals surface area (Å²) < 4.78 is 39.1. The molecule has 0 N–H and O–H groups in total. The largest absolute Gasteiger partial charge is 0.433 e. The van der Waals surface area contributed by atoms with Gasteiger partial charge in [-0.2, -0.15) is 18.3 Å². The molecule has 5 nitrogen and oxygen atoms in total. The van der Waals surface area contributed by atoms with Crippen molar-refractivity contribution in [3.63, 3.8) is 0 Å². The summed E-state index contributed by atoms with van der Waals surface area (Å²) in [5, 5.41) is 3.88. The molecule has 3 aromatic rings. The molecule has 0 aliphatic carbocycles. The molecule has 0 radical (unpaired) electrons. The highest BCUT2D eigenvalue weighted by molar-refractivity contribution is 6.29. The molecule has 0 aliphatic rings. The van der Waals surface area contributed by atoms with Gasteiger partial charge in [0.15, 0.2) is 5.65 Å². The Morgan fingerprint density at radius 3 is 2.55 bits per heavy atom. The third-order valence-electron chi connectivity index (χ3n) is 2.50. The fourth-order valence-corrected chi connectivity index (χ4v) is 1.87. The maximum absolute atomic E-state index is 12.7. The van der Waals surface area contributed by atoms with Crippen LogP contribution in [0.15, 0.2) is 30.7 Å². The lowest BCUT2D eigenvalue weighted by Crippen LogP contribution is -2.09. The van der Waals surface area contributed by atoms with E-state index < -0.39 is 11.9 Å². The van der Waals surface area contributed by atoms with Crippen LogP contribution >= 0.6 is 11.6 Å². The lowest BCUT2D eigenvalue weighted by Gasteiger charge is -2.06. The quantitative estimate of drug-likeness (QED) is 0.648. The zero-order chi connectivity index (χ0) is 14.3. The number of hydrogen-bond acceptors (Lipinski definition) is 4. The Balaban J connectivity index is 2.19. The summed E-state index contributed by atoms with van der Waals surface area (Å²) in [6.45, 7) is 0. The molecule has 3 rings (SSSR count). The van der Waals surface area contributed by atoms with Gasteiger partial charge < -0.3 is 0 Å². The smallest absolute Gasteiger partial charge is 0.261 e. The minimum absolute atomic E-state index is 0.00882. The summed E-state index contributed by atoms with van der Waals surface area (Å²) in [6.07, 6.45) is -0.190. The second kappa shape index (κ2) is 4.41. The van der Waals surface area contributed by atoms with E-state index in [0.717, 1.165) is 10.6 Å². The molecule has 0 atom stereocenters. The normalized spacial score (nSPS) is 12.0. The highest BCUT2D eigenvalue weighted by atomic mass is 35.5. The van der Waals surface area contributed by atoms with Gasteiger partial charge in [0.25, 0.3) is 0 Å². The highest BCUT2D eigenvalue weighted by Crippen LogP contribution is 2.30. The zero-order valence-corrected chi connectivity index (χ0v) is 10.4. The zero-order valence-electron chi connectivity index (χ0n) is 9.63. The SMILES string of the molecule is FC(F)(F)c1cc(Cl)n2nc(-c3cnccn3)cc2n1. The van der Waals surface area contributed by atoms with Crippen LogP contribution in [-0.2, 0) is 6.18 Å². The van der Waals surface area contributed by atoms with Gasteiger partial charge in [-0.25, -0.2) is 9.50 Å². The number of nitrogens with zero attached hydrogens (tertiary/aromatic N) is 5. The summed E-state index contributed by atoms with van der Waals surface area (Å²) in [6, 6.07) is 2.09. The van der Waals surface area contributed by atoms with Crippen LogP contribution in [0, 0.1) is 0 Å². The Morgan fingerprint density at radius 1 is 1.10 bits per heavy atom. The average Bonchev–Trinajstić information content (AvgIpc) is 2.83. The molecule has 0 unspecified atom stereocenters. The topological polar surface area (TPSA) is 56.0 Å². The Labute approximate surface area is 115 Å². The second-order valence-electron chi connectivity index (χ2n) is 3.85. The molecule has 0 fully saturated rings. The van der Waals surface area contributed by atoms with Gasteiger partial charge in [-0.15, -0.1) is 0 Å². The van der Waals surface area contributed by atoms with Crippen molar-refractivity contribution in [1.82, 2.24) is 24.6 Å². The summed E-state index contributed by atoms with van der Waals surface area (Å²) in [4.78, 5) is 11.4. The van der Waals surface area contributed by atoms with Crippen LogP contribution in [-0.4, -0.2) is 24.6 Å². The summed E-state index contributed by atoms with van der Waals surface area (Å²) in [5.74, 6) is 0. The standard InChI is InChI=1S/C11H5ClF3N5/c12-9-4-8(11(13,14)15)18-10-3-6(19-20(9)10)7-5-16-1-2-17-7/h1-5H. The van der Waals surface area contributed by atoms with E-state index in [0.29, 0.717) is 11.4 Å². The van der Waals surface area contributed by atoms with E-state index in [1.54, 1.807) is 0 Å². The van der Waals surface area contributed by atoms with E-state index in [1.807, 2.05) is 0 Å². The molecule has 20 heavy (non-hydrogen) atoms. The van der Waals surface area contributed by atoms with E-state index in [2.05, 4.69) is 20.1 Å². The number of halogens is 4. The van der Waals surface area contributed by atoms with E-state index in [-0.39, 0.29) is 10.8 Å². The fourth-order valence-electron chi connectivity index (χ4n) is 1.64. The Kier molecular flexibility index (Phi) is 2.82. The van der Waals surface area contributed by atoms with Crippen LogP contribution < -0.4 is 0 Å². The predicted octanol–water partition coefficient (Wildman–Crippen LogP) is 2.86. The molecule has 3 aromatic heterocycles. The molecular weight excluding hydrogens is 295 g/mol. The predicted molar refractivity (Wildman–Crippen MR) is 64.0 cm³/mol. The van der Waals surface area contributed by atoms with Gasteiger partial charge >= 0.3 is 6.18 Å². The van der Waals surface area contributed by atoms with E-state index in [9.17, 15) is 13.2 Å². The Bertz CT molecular complexity index is 769. The van der Waals surface area contributed by atoms with Crippen LogP contribution in [0.2, 0.25) is 5.15 Å². The van der Waals surface area contributed by atoms with Gasteiger partial charge in [0.2, 0.25) is 0 Å². The van der Waals surface area contributed by atoms with E-state index in [4.69, 9.17) is 11.6 Å². The van der Waals surface area contributed by atoms with Crippen molar-refractivity contribution >= 4 is 17.2 Å². The van der Waals surface area contributed by atoms with Crippen LogP contribution in [0.5, 0.6) is 0 Å². The first kappa shape index (κ1) is 12.8. The third kappa shape index (κ3) is 2.18. The maximum atomic E-state index is 12.7. The van der Waals surface area contributed by atoms with Crippen molar-refractivity contribution in [2.75, 3.05) is 0 Å². The number of hydrogen-bond donors (Lipinski definition) is 0. The summed E-state index contributed by atoms with van der Waals surface area (Å²) >= 11 is 5.79. The first-order valence-corrected chi connectivity index (χ1v) is 5.73. The minimum atomic E-state index is -4.57. The maximum Gasteiger partial charge on any atom is 0.433 e. The monoisotopic (exact) mass is 299 g/mol. The summed E-state index contributed by atoms with van der Waals surface area (Å²) in [7, 11) is 0. The summed E-state index contributed by atoms with van der Waals surface area (Å²) in [5.41, 5.74) is -0.319. The molecule has 9 heteroatoms.